The van der Waals surface area contributed by atoms with Crippen molar-refractivity contribution in [3.05, 3.63) is 11.6 Å². The van der Waals surface area contributed by atoms with E-state index in [2.05, 4.69) is 19.9 Å². The van der Waals surface area contributed by atoms with Crippen molar-refractivity contribution >= 4 is 0 Å². The van der Waals surface area contributed by atoms with E-state index in [9.17, 15) is 0 Å². The molecular formula is C18H32. The first kappa shape index (κ1) is 14.2. The summed E-state index contributed by atoms with van der Waals surface area (Å²) in [6.45, 7) is 9.02. The van der Waals surface area contributed by atoms with Crippen LogP contribution in [0.5, 0.6) is 0 Å². The minimum Gasteiger partial charge on any atom is -0.0842 e. The molecule has 0 radical (unpaired) electrons. The van der Waals surface area contributed by atoms with Crippen LogP contribution in [0, 0.1) is 23.2 Å². The third-order valence-electron chi connectivity index (χ3n) is 5.79. The molecule has 0 spiro atoms. The van der Waals surface area contributed by atoms with Crippen molar-refractivity contribution in [3.63, 3.8) is 0 Å². The molecule has 18 heavy (non-hydrogen) atoms. The molecule has 2 fully saturated rings. The maximum Gasteiger partial charge on any atom is -0.00854 e. The van der Waals surface area contributed by atoms with Crippen LogP contribution in [0.15, 0.2) is 11.6 Å². The smallest absolute Gasteiger partial charge is 0.00854 e. The summed E-state index contributed by atoms with van der Waals surface area (Å²) in [5.74, 6) is 2.93. The van der Waals surface area contributed by atoms with Crippen LogP contribution >= 0.6 is 0 Å². The van der Waals surface area contributed by atoms with Gasteiger partial charge in [0.2, 0.25) is 0 Å². The molecule has 4 atom stereocenters. The Kier molecular flexibility index (Phi) is 4.56. The van der Waals surface area contributed by atoms with Crippen molar-refractivity contribution in [3.8, 4) is 0 Å². The predicted molar refractivity (Wildman–Crippen MR) is 80.6 cm³/mol. The fourth-order valence-corrected chi connectivity index (χ4v) is 4.83. The van der Waals surface area contributed by atoms with Gasteiger partial charge in [0.1, 0.15) is 0 Å². The monoisotopic (exact) mass is 248 g/mol. The molecule has 0 bridgehead atoms. The highest BCUT2D eigenvalue weighted by Gasteiger charge is 2.45. The molecule has 0 aromatic carbocycles. The van der Waals surface area contributed by atoms with Gasteiger partial charge in [-0.25, -0.2) is 0 Å². The predicted octanol–water partition coefficient (Wildman–Crippen LogP) is 5.98. The molecule has 0 N–H and O–H groups in total. The first-order chi connectivity index (χ1) is 8.70. The molecule has 0 aromatic rings. The highest BCUT2D eigenvalue weighted by molar-refractivity contribution is 5.24. The van der Waals surface area contributed by atoms with Crippen molar-refractivity contribution in [2.75, 3.05) is 0 Å². The van der Waals surface area contributed by atoms with Crippen LogP contribution < -0.4 is 0 Å². The fourth-order valence-electron chi connectivity index (χ4n) is 4.83. The zero-order chi connectivity index (χ0) is 13.2. The van der Waals surface area contributed by atoms with Crippen molar-refractivity contribution in [2.45, 2.75) is 79.1 Å². The number of fused-ring (bicyclic) bond motifs is 3. The van der Waals surface area contributed by atoms with Gasteiger partial charge in [-0.3, -0.25) is 0 Å². The highest BCUT2D eigenvalue weighted by Crippen LogP contribution is 2.57. The molecule has 0 heterocycles. The van der Waals surface area contributed by atoms with Crippen molar-refractivity contribution < 1.29 is 0 Å². The lowest BCUT2D eigenvalue weighted by Crippen LogP contribution is -2.41. The van der Waals surface area contributed by atoms with E-state index >= 15 is 0 Å². The van der Waals surface area contributed by atoms with E-state index in [1.54, 1.807) is 0 Å². The van der Waals surface area contributed by atoms with Gasteiger partial charge < -0.3 is 0 Å². The molecular weight excluding hydrogens is 216 g/mol. The molecule has 104 valence electrons. The van der Waals surface area contributed by atoms with E-state index in [0.29, 0.717) is 5.41 Å². The van der Waals surface area contributed by atoms with Gasteiger partial charge in [-0.1, -0.05) is 52.2 Å². The topological polar surface area (TPSA) is 0 Å². The summed E-state index contributed by atoms with van der Waals surface area (Å²) in [5, 5.41) is 0. The highest BCUT2D eigenvalue weighted by atomic mass is 14.5. The van der Waals surface area contributed by atoms with Crippen LogP contribution in [-0.4, -0.2) is 0 Å². The van der Waals surface area contributed by atoms with Crippen LogP contribution in [0.25, 0.3) is 0 Å². The normalized spacial score (nSPS) is 42.9. The number of hydrogen-bond acceptors (Lipinski definition) is 0. The number of hydrogen-bond donors (Lipinski definition) is 0. The summed E-state index contributed by atoms with van der Waals surface area (Å²) < 4.78 is 0. The lowest BCUT2D eigenvalue weighted by Gasteiger charge is -2.52. The van der Waals surface area contributed by atoms with E-state index in [1.807, 2.05) is 19.4 Å². The largest absolute Gasteiger partial charge is 0.0842 e. The number of rotatable bonds is 0. The Morgan fingerprint density at radius 3 is 2.67 bits per heavy atom. The molecule has 0 aromatic heterocycles. The second-order valence-corrected chi connectivity index (χ2v) is 6.87. The molecule has 3 aliphatic rings. The Hall–Kier alpha value is -0.260. The van der Waals surface area contributed by atoms with Crippen molar-refractivity contribution in [1.29, 1.82) is 0 Å². The first-order valence-corrected chi connectivity index (χ1v) is 8.40. The molecule has 3 unspecified atom stereocenters. The van der Waals surface area contributed by atoms with Gasteiger partial charge in [0.05, 0.1) is 0 Å². The maximum absolute atomic E-state index is 2.65. The molecule has 0 heteroatoms. The van der Waals surface area contributed by atoms with E-state index in [-0.39, 0.29) is 0 Å². The Morgan fingerprint density at radius 2 is 1.89 bits per heavy atom. The van der Waals surface area contributed by atoms with E-state index in [1.165, 1.54) is 51.4 Å². The first-order valence-electron chi connectivity index (χ1n) is 8.40. The third-order valence-corrected chi connectivity index (χ3v) is 5.79. The van der Waals surface area contributed by atoms with Gasteiger partial charge in [0.15, 0.2) is 0 Å². The Labute approximate surface area is 114 Å². The summed E-state index contributed by atoms with van der Waals surface area (Å²) in [6.07, 6.45) is 14.5. The molecule has 0 nitrogen and oxygen atoms in total. The van der Waals surface area contributed by atoms with Gasteiger partial charge in [0.25, 0.3) is 0 Å². The zero-order valence-electron chi connectivity index (χ0n) is 13.0. The quantitative estimate of drug-likeness (QED) is 0.463. The van der Waals surface area contributed by atoms with Gasteiger partial charge in [-0.05, 0) is 61.7 Å². The second-order valence-electron chi connectivity index (χ2n) is 6.87. The number of allylic oxidation sites excluding steroid dienone is 2. The second kappa shape index (κ2) is 5.80. The average Bonchev–Trinajstić information content (AvgIpc) is 2.40. The Bertz CT molecular complexity index is 301. The molecule has 0 amide bonds. The Morgan fingerprint density at radius 1 is 1.11 bits per heavy atom. The Balaban J connectivity index is 0.000000574. The van der Waals surface area contributed by atoms with E-state index < -0.39 is 0 Å². The van der Waals surface area contributed by atoms with Crippen LogP contribution in [-0.2, 0) is 0 Å². The van der Waals surface area contributed by atoms with Crippen molar-refractivity contribution in [1.82, 2.24) is 0 Å². The maximum atomic E-state index is 2.65. The van der Waals surface area contributed by atoms with Crippen LogP contribution in [0.1, 0.15) is 79.1 Å². The summed E-state index contributed by atoms with van der Waals surface area (Å²) in [7, 11) is 0. The summed E-state index contributed by atoms with van der Waals surface area (Å²) in [6, 6.07) is 0. The summed E-state index contributed by atoms with van der Waals surface area (Å²) >= 11 is 0. The SMILES string of the molecule is CC.CC1CC=C2C(CCC3CCCC[C@@]23C)C1. The van der Waals surface area contributed by atoms with E-state index in [4.69, 9.17) is 0 Å². The van der Waals surface area contributed by atoms with Gasteiger partial charge >= 0.3 is 0 Å². The standard InChI is InChI=1S/C16H26.C2H6/c1-12-6-9-15-13(11-12)7-8-14-5-3-4-10-16(14,15)2;1-2/h9,12-14H,3-8,10-11H2,1-2H3;1-2H3/t12?,13?,14?,16-;/m1./s1. The van der Waals surface area contributed by atoms with Crippen LogP contribution in [0.4, 0.5) is 0 Å². The van der Waals surface area contributed by atoms with Crippen molar-refractivity contribution in [2.24, 2.45) is 23.2 Å². The van der Waals surface area contributed by atoms with Gasteiger partial charge in [0, 0.05) is 0 Å². The lowest BCUT2D eigenvalue weighted by atomic mass is 9.53. The fraction of sp³-hybridized carbons (Fsp3) is 0.889. The molecule has 3 aliphatic carbocycles. The average molecular weight is 248 g/mol. The van der Waals surface area contributed by atoms with Crippen LogP contribution in [0.3, 0.4) is 0 Å². The van der Waals surface area contributed by atoms with Crippen LogP contribution in [0.2, 0.25) is 0 Å². The molecule has 0 saturated heterocycles. The van der Waals surface area contributed by atoms with Gasteiger partial charge in [-0.15, -0.1) is 0 Å². The van der Waals surface area contributed by atoms with E-state index in [0.717, 1.165) is 17.8 Å². The summed E-state index contributed by atoms with van der Waals surface area (Å²) in [5.41, 5.74) is 2.50. The van der Waals surface area contributed by atoms with Gasteiger partial charge in [-0.2, -0.15) is 0 Å². The third kappa shape index (κ3) is 2.40. The molecule has 0 aliphatic heterocycles. The minimum atomic E-state index is 0.612. The lowest BCUT2D eigenvalue weighted by molar-refractivity contribution is 0.0859. The molecule has 2 saturated carbocycles. The zero-order valence-corrected chi connectivity index (χ0v) is 13.0. The summed E-state index contributed by atoms with van der Waals surface area (Å²) in [4.78, 5) is 0. The molecule has 3 rings (SSSR count). The minimum absolute atomic E-state index is 0.612.